The third kappa shape index (κ3) is 4.57. The zero-order valence-corrected chi connectivity index (χ0v) is 18.4. The Hall–Kier alpha value is -4.31. The molecule has 0 saturated heterocycles. The Morgan fingerprint density at radius 3 is 2.26 bits per heavy atom. The topological polar surface area (TPSA) is 136 Å². The zero-order chi connectivity index (χ0) is 24.3. The lowest BCUT2D eigenvalue weighted by atomic mass is 10.0. The molecule has 0 radical (unpaired) electrons. The Labute approximate surface area is 194 Å². The van der Waals surface area contributed by atoms with E-state index in [4.69, 9.17) is 4.74 Å². The van der Waals surface area contributed by atoms with E-state index in [2.05, 4.69) is 5.32 Å². The third-order valence-electron chi connectivity index (χ3n) is 5.06. The van der Waals surface area contributed by atoms with Gasteiger partial charge in [0.2, 0.25) is 9.84 Å². The summed E-state index contributed by atoms with van der Waals surface area (Å²) in [6.07, 6.45) is 0. The van der Waals surface area contributed by atoms with E-state index >= 15 is 0 Å². The first-order valence-electron chi connectivity index (χ1n) is 10.1. The molecule has 3 aromatic rings. The summed E-state index contributed by atoms with van der Waals surface area (Å²) in [5, 5.41) is 4.52. The third-order valence-corrected chi connectivity index (χ3v) is 6.91. The van der Waals surface area contributed by atoms with E-state index in [-0.39, 0.29) is 33.0 Å². The van der Waals surface area contributed by atoms with E-state index in [9.17, 15) is 27.6 Å². The number of carbonyl (C=O) groups is 4. The number of imide groups is 1. The molecule has 0 atom stereocenters. The number of hydrogen-bond donors (Lipinski definition) is 2. The molecule has 4 rings (SSSR count). The average molecular weight is 478 g/mol. The summed E-state index contributed by atoms with van der Waals surface area (Å²) >= 11 is 0. The fraction of sp³-hybridized carbons (Fsp3) is 0.0833. The van der Waals surface area contributed by atoms with E-state index in [1.807, 2.05) is 11.4 Å². The van der Waals surface area contributed by atoms with E-state index in [0.29, 0.717) is 0 Å². The Balaban J connectivity index is 1.39. The number of esters is 1. The van der Waals surface area contributed by atoms with Crippen molar-refractivity contribution in [1.82, 2.24) is 10.6 Å². The Bertz CT molecular complexity index is 1420. The molecule has 0 spiro atoms. The summed E-state index contributed by atoms with van der Waals surface area (Å²) < 4.78 is 30.8. The van der Waals surface area contributed by atoms with Gasteiger partial charge in [-0.05, 0) is 35.9 Å². The number of rotatable bonds is 5. The number of hydrogen-bond acceptors (Lipinski definition) is 7. The molecule has 34 heavy (non-hydrogen) atoms. The van der Waals surface area contributed by atoms with Crippen molar-refractivity contribution in [3.05, 3.63) is 95.1 Å². The lowest BCUT2D eigenvalue weighted by Crippen LogP contribution is -2.41. The number of amides is 3. The molecule has 3 aromatic carbocycles. The van der Waals surface area contributed by atoms with Gasteiger partial charge < -0.3 is 10.1 Å². The molecule has 0 unspecified atom stereocenters. The first-order valence-corrected chi connectivity index (χ1v) is 11.6. The summed E-state index contributed by atoms with van der Waals surface area (Å²) in [5.74, 6) is -2.32. The van der Waals surface area contributed by atoms with Gasteiger partial charge in [0.1, 0.15) is 0 Å². The predicted molar refractivity (Wildman–Crippen MR) is 119 cm³/mol. The Morgan fingerprint density at radius 1 is 0.824 bits per heavy atom. The number of benzene rings is 3. The lowest BCUT2D eigenvalue weighted by Gasteiger charge is -2.19. The zero-order valence-electron chi connectivity index (χ0n) is 17.6. The SMILES string of the molecule is O=C(COC(=O)c1ccc2c(c1)S(=O)(=O)c1ccccc1C2=O)NC(=O)NCc1ccccc1. The molecule has 9 nitrogen and oxygen atoms in total. The smallest absolute Gasteiger partial charge is 0.338 e. The lowest BCUT2D eigenvalue weighted by molar-refractivity contribution is -0.123. The molecule has 10 heteroatoms. The number of carbonyl (C=O) groups excluding carboxylic acids is 4. The van der Waals surface area contributed by atoms with Crippen LogP contribution in [0, 0.1) is 0 Å². The second kappa shape index (κ2) is 9.28. The van der Waals surface area contributed by atoms with Crippen LogP contribution in [-0.4, -0.2) is 38.7 Å². The van der Waals surface area contributed by atoms with Crippen LogP contribution in [0.15, 0.2) is 82.6 Å². The highest BCUT2D eigenvalue weighted by molar-refractivity contribution is 7.91. The number of ketones is 1. The minimum Gasteiger partial charge on any atom is -0.452 e. The maximum absolute atomic E-state index is 13.0. The van der Waals surface area contributed by atoms with E-state index in [1.54, 1.807) is 30.3 Å². The minimum absolute atomic E-state index is 0.0527. The predicted octanol–water partition coefficient (Wildman–Crippen LogP) is 2.25. The van der Waals surface area contributed by atoms with Gasteiger partial charge in [-0.1, -0.05) is 42.5 Å². The van der Waals surface area contributed by atoms with Gasteiger partial charge in [-0.15, -0.1) is 0 Å². The molecule has 0 fully saturated rings. The van der Waals surface area contributed by atoms with Crippen LogP contribution in [0.2, 0.25) is 0 Å². The highest BCUT2D eigenvalue weighted by atomic mass is 32.2. The Morgan fingerprint density at radius 2 is 1.50 bits per heavy atom. The van der Waals surface area contributed by atoms with Gasteiger partial charge >= 0.3 is 12.0 Å². The average Bonchev–Trinajstić information content (AvgIpc) is 2.85. The number of ether oxygens (including phenoxy) is 1. The first kappa shape index (κ1) is 22.9. The van der Waals surface area contributed by atoms with Gasteiger partial charge in [0.15, 0.2) is 12.4 Å². The number of urea groups is 1. The minimum atomic E-state index is -4.03. The number of sulfone groups is 1. The monoisotopic (exact) mass is 478 g/mol. The van der Waals surface area contributed by atoms with E-state index in [0.717, 1.165) is 11.6 Å². The van der Waals surface area contributed by atoms with Crippen LogP contribution in [0.25, 0.3) is 0 Å². The van der Waals surface area contributed by atoms with Gasteiger partial charge in [-0.3, -0.25) is 14.9 Å². The van der Waals surface area contributed by atoms with Crippen LogP contribution in [-0.2, 0) is 25.9 Å². The van der Waals surface area contributed by atoms with Crippen molar-refractivity contribution in [3.8, 4) is 0 Å². The second-order valence-corrected chi connectivity index (χ2v) is 9.22. The standard InChI is InChI=1S/C24H18N2O7S/c27-21(26-24(30)25-13-15-6-2-1-3-7-15)14-33-23(29)16-10-11-18-20(12-16)34(31,32)19-9-5-4-8-17(19)22(18)28/h1-12H,13-14H2,(H2,25,26,27,30). The molecule has 0 aromatic heterocycles. The number of fused-ring (bicyclic) bond motifs is 2. The maximum atomic E-state index is 13.0. The molecule has 1 heterocycles. The first-order chi connectivity index (χ1) is 16.3. The van der Waals surface area contributed by atoms with Crippen LogP contribution in [0.3, 0.4) is 0 Å². The van der Waals surface area contributed by atoms with Crippen molar-refractivity contribution in [2.75, 3.05) is 6.61 Å². The second-order valence-electron chi connectivity index (χ2n) is 7.33. The van der Waals surface area contributed by atoms with Gasteiger partial charge in [0, 0.05) is 17.7 Å². The van der Waals surface area contributed by atoms with Crippen LogP contribution >= 0.6 is 0 Å². The van der Waals surface area contributed by atoms with Crippen molar-refractivity contribution in [2.45, 2.75) is 16.3 Å². The summed E-state index contributed by atoms with van der Waals surface area (Å²) in [6.45, 7) is -0.561. The van der Waals surface area contributed by atoms with Gasteiger partial charge in [-0.25, -0.2) is 18.0 Å². The molecule has 1 aliphatic rings. The summed E-state index contributed by atoms with van der Waals surface area (Å²) in [4.78, 5) is 48.4. The van der Waals surface area contributed by atoms with Crippen LogP contribution < -0.4 is 10.6 Å². The fourth-order valence-electron chi connectivity index (χ4n) is 3.41. The van der Waals surface area contributed by atoms with Gasteiger partial charge in [0.05, 0.1) is 15.4 Å². The largest absolute Gasteiger partial charge is 0.452 e. The van der Waals surface area contributed by atoms with Crippen molar-refractivity contribution < 1.29 is 32.3 Å². The van der Waals surface area contributed by atoms with E-state index in [1.165, 1.54) is 30.3 Å². The summed E-state index contributed by atoms with van der Waals surface area (Å²) in [7, 11) is -4.03. The normalized spacial score (nSPS) is 13.2. The van der Waals surface area contributed by atoms with Crippen LogP contribution in [0.1, 0.15) is 31.8 Å². The number of nitrogens with one attached hydrogen (secondary N) is 2. The molecule has 2 N–H and O–H groups in total. The molecule has 172 valence electrons. The van der Waals surface area contributed by atoms with Crippen molar-refractivity contribution in [2.24, 2.45) is 0 Å². The summed E-state index contributed by atoms with van der Waals surface area (Å²) in [6, 6.07) is 17.6. The highest BCUT2D eigenvalue weighted by Crippen LogP contribution is 2.34. The van der Waals surface area contributed by atoms with E-state index < -0.39 is 40.1 Å². The molecule has 0 saturated carbocycles. The molecular formula is C24H18N2O7S. The fourth-order valence-corrected chi connectivity index (χ4v) is 5.09. The van der Waals surface area contributed by atoms with Gasteiger partial charge in [0.25, 0.3) is 5.91 Å². The molecule has 3 amide bonds. The summed E-state index contributed by atoms with van der Waals surface area (Å²) in [5.41, 5.74) is 0.687. The molecule has 0 bridgehead atoms. The maximum Gasteiger partial charge on any atom is 0.338 e. The van der Waals surface area contributed by atoms with Crippen LogP contribution in [0.5, 0.6) is 0 Å². The molecule has 1 aliphatic heterocycles. The highest BCUT2D eigenvalue weighted by Gasteiger charge is 2.35. The van der Waals surface area contributed by atoms with Crippen molar-refractivity contribution >= 4 is 33.5 Å². The van der Waals surface area contributed by atoms with Crippen LogP contribution in [0.4, 0.5) is 4.79 Å². The quantitative estimate of drug-likeness (QED) is 0.420. The molecule has 0 aliphatic carbocycles. The Kier molecular flexibility index (Phi) is 6.24. The van der Waals surface area contributed by atoms with Gasteiger partial charge in [-0.2, -0.15) is 0 Å². The van der Waals surface area contributed by atoms with Crippen molar-refractivity contribution in [3.63, 3.8) is 0 Å². The molecular weight excluding hydrogens is 460 g/mol. The van der Waals surface area contributed by atoms with Crippen molar-refractivity contribution in [1.29, 1.82) is 0 Å².